The summed E-state index contributed by atoms with van der Waals surface area (Å²) in [5, 5.41) is 0. The van der Waals surface area contributed by atoms with E-state index in [4.69, 9.17) is 4.74 Å². The number of nitrogens with zero attached hydrogens (tertiary/aromatic N) is 1. The van der Waals surface area contributed by atoms with Gasteiger partial charge in [0.05, 0.1) is 17.2 Å². The molecule has 0 spiro atoms. The summed E-state index contributed by atoms with van der Waals surface area (Å²) in [5.74, 6) is -1.14. The van der Waals surface area contributed by atoms with Crippen LogP contribution in [0, 0.1) is 12.7 Å². The molecular formula is C20H20FNO4S. The smallest absolute Gasteiger partial charge is 0.332 e. The van der Waals surface area contributed by atoms with Gasteiger partial charge in [0.2, 0.25) is 0 Å². The minimum atomic E-state index is -4.04. The topological polar surface area (TPSA) is 63.7 Å². The molecule has 142 valence electrons. The van der Waals surface area contributed by atoms with Crippen LogP contribution in [0.25, 0.3) is 5.70 Å². The van der Waals surface area contributed by atoms with Gasteiger partial charge >= 0.3 is 5.97 Å². The molecule has 7 heteroatoms. The van der Waals surface area contributed by atoms with Crippen LogP contribution >= 0.6 is 0 Å². The van der Waals surface area contributed by atoms with E-state index in [9.17, 15) is 17.6 Å². The Kier molecular flexibility index (Phi) is 6.52. The standard InChI is InChI=1S/C20H20FNO4S/c1-4-26-20(23)13-14-22(16(3)17-7-9-18(21)10-8-17)27(24,25)19-11-5-15(2)6-12-19/h5-14H,3-4H2,1-2H3/b14-13+. The molecule has 2 aromatic rings. The van der Waals surface area contributed by atoms with Crippen LogP contribution < -0.4 is 0 Å². The van der Waals surface area contributed by atoms with Crippen LogP contribution in [0.4, 0.5) is 4.39 Å². The van der Waals surface area contributed by atoms with E-state index in [-0.39, 0.29) is 17.2 Å². The van der Waals surface area contributed by atoms with Crippen molar-refractivity contribution >= 4 is 21.7 Å². The molecule has 0 saturated heterocycles. The van der Waals surface area contributed by atoms with Crippen LogP contribution in [0.3, 0.4) is 0 Å². The van der Waals surface area contributed by atoms with Crippen molar-refractivity contribution in [3.63, 3.8) is 0 Å². The van der Waals surface area contributed by atoms with E-state index in [0.29, 0.717) is 5.56 Å². The van der Waals surface area contributed by atoms with Crippen LogP contribution in [-0.2, 0) is 19.6 Å². The van der Waals surface area contributed by atoms with Gasteiger partial charge < -0.3 is 4.74 Å². The number of aryl methyl sites for hydroxylation is 1. The summed E-state index contributed by atoms with van der Waals surface area (Å²) in [6.45, 7) is 7.45. The molecule has 0 amide bonds. The molecule has 0 saturated carbocycles. The molecule has 2 aromatic carbocycles. The molecule has 0 heterocycles. The number of carbonyl (C=O) groups excluding carboxylic acids is 1. The molecule has 0 aliphatic heterocycles. The van der Waals surface area contributed by atoms with E-state index >= 15 is 0 Å². The van der Waals surface area contributed by atoms with E-state index in [0.717, 1.165) is 22.1 Å². The second-order valence-corrected chi connectivity index (χ2v) is 7.45. The zero-order valence-corrected chi connectivity index (χ0v) is 15.9. The molecule has 5 nitrogen and oxygen atoms in total. The summed E-state index contributed by atoms with van der Waals surface area (Å²) in [6.07, 6.45) is 2.09. The number of carbonyl (C=O) groups is 1. The highest BCUT2D eigenvalue weighted by atomic mass is 32.2. The molecular weight excluding hydrogens is 369 g/mol. The summed E-state index contributed by atoms with van der Waals surface area (Å²) >= 11 is 0. The maximum Gasteiger partial charge on any atom is 0.332 e. The van der Waals surface area contributed by atoms with Gasteiger partial charge in [0.1, 0.15) is 5.82 Å². The molecule has 2 rings (SSSR count). The summed E-state index contributed by atoms with van der Waals surface area (Å²) in [5.41, 5.74) is 1.36. The predicted molar refractivity (Wildman–Crippen MR) is 101 cm³/mol. The number of benzene rings is 2. The molecule has 27 heavy (non-hydrogen) atoms. The zero-order valence-electron chi connectivity index (χ0n) is 15.1. The Labute approximate surface area is 158 Å². The highest BCUT2D eigenvalue weighted by Gasteiger charge is 2.25. The lowest BCUT2D eigenvalue weighted by Gasteiger charge is -2.23. The average molecular weight is 389 g/mol. The number of rotatable bonds is 7. The van der Waals surface area contributed by atoms with Crippen molar-refractivity contribution in [2.45, 2.75) is 18.7 Å². The number of esters is 1. The van der Waals surface area contributed by atoms with Crippen LogP contribution in [0.2, 0.25) is 0 Å². The van der Waals surface area contributed by atoms with Gasteiger partial charge in [-0.1, -0.05) is 24.3 Å². The van der Waals surface area contributed by atoms with E-state index in [1.807, 2.05) is 6.92 Å². The van der Waals surface area contributed by atoms with Crippen LogP contribution in [-0.4, -0.2) is 25.3 Å². The van der Waals surface area contributed by atoms with Gasteiger partial charge in [-0.05, 0) is 55.8 Å². The number of ether oxygens (including phenoxy) is 1. The Morgan fingerprint density at radius 2 is 1.74 bits per heavy atom. The first-order valence-corrected chi connectivity index (χ1v) is 9.60. The maximum absolute atomic E-state index is 13.2. The van der Waals surface area contributed by atoms with Crippen molar-refractivity contribution < 1.29 is 22.3 Å². The fraction of sp³-hybridized carbons (Fsp3) is 0.150. The van der Waals surface area contributed by atoms with Crippen molar-refractivity contribution in [1.82, 2.24) is 4.31 Å². The lowest BCUT2D eigenvalue weighted by atomic mass is 10.2. The molecule has 0 aliphatic carbocycles. The van der Waals surface area contributed by atoms with Gasteiger partial charge in [-0.3, -0.25) is 0 Å². The van der Waals surface area contributed by atoms with Gasteiger partial charge in [-0.25, -0.2) is 21.9 Å². The Morgan fingerprint density at radius 1 is 1.15 bits per heavy atom. The first kappa shape index (κ1) is 20.4. The molecule has 0 unspecified atom stereocenters. The highest BCUT2D eigenvalue weighted by Crippen LogP contribution is 2.26. The molecule has 0 atom stereocenters. The second kappa shape index (κ2) is 8.64. The van der Waals surface area contributed by atoms with Crippen molar-refractivity contribution in [1.29, 1.82) is 0 Å². The Bertz CT molecular complexity index is 948. The van der Waals surface area contributed by atoms with Crippen LogP contribution in [0.15, 0.2) is 72.3 Å². The van der Waals surface area contributed by atoms with E-state index in [1.165, 1.54) is 36.4 Å². The zero-order chi connectivity index (χ0) is 20.0. The highest BCUT2D eigenvalue weighted by molar-refractivity contribution is 7.89. The third-order valence-corrected chi connectivity index (χ3v) is 5.38. The molecule has 0 radical (unpaired) electrons. The van der Waals surface area contributed by atoms with Gasteiger partial charge in [-0.2, -0.15) is 0 Å². The SMILES string of the molecule is C=C(c1ccc(F)cc1)N(/C=C/C(=O)OCC)S(=O)(=O)c1ccc(C)cc1. The Morgan fingerprint density at radius 3 is 2.30 bits per heavy atom. The molecule has 0 aliphatic rings. The first-order valence-electron chi connectivity index (χ1n) is 8.16. The maximum atomic E-state index is 13.2. The number of hydrogen-bond donors (Lipinski definition) is 0. The lowest BCUT2D eigenvalue weighted by molar-refractivity contribution is -0.137. The van der Waals surface area contributed by atoms with Crippen molar-refractivity contribution in [3.8, 4) is 0 Å². The van der Waals surface area contributed by atoms with Crippen molar-refractivity contribution in [2.24, 2.45) is 0 Å². The predicted octanol–water partition coefficient (Wildman–Crippen LogP) is 3.87. The third-order valence-electron chi connectivity index (χ3n) is 3.65. The summed E-state index contributed by atoms with van der Waals surface area (Å²) < 4.78 is 45.0. The Hall–Kier alpha value is -2.93. The minimum absolute atomic E-state index is 0.0323. The average Bonchev–Trinajstić information content (AvgIpc) is 2.62. The summed E-state index contributed by atoms with van der Waals surface area (Å²) in [4.78, 5) is 11.7. The summed E-state index contributed by atoms with van der Waals surface area (Å²) in [6, 6.07) is 11.5. The lowest BCUT2D eigenvalue weighted by Crippen LogP contribution is -2.25. The normalized spacial score (nSPS) is 11.4. The number of hydrogen-bond acceptors (Lipinski definition) is 4. The number of halogens is 1. The van der Waals surface area contributed by atoms with E-state index in [1.54, 1.807) is 19.1 Å². The van der Waals surface area contributed by atoms with Gasteiger partial charge in [0.15, 0.2) is 0 Å². The van der Waals surface area contributed by atoms with Crippen LogP contribution in [0.1, 0.15) is 18.1 Å². The fourth-order valence-corrected chi connectivity index (χ4v) is 3.55. The van der Waals surface area contributed by atoms with E-state index in [2.05, 4.69) is 6.58 Å². The van der Waals surface area contributed by atoms with E-state index < -0.39 is 21.8 Å². The van der Waals surface area contributed by atoms with Gasteiger partial charge in [0, 0.05) is 12.3 Å². The quantitative estimate of drug-likeness (QED) is 0.533. The molecule has 0 aromatic heterocycles. The monoisotopic (exact) mass is 389 g/mol. The second-order valence-electron chi connectivity index (χ2n) is 5.64. The molecule has 0 fully saturated rings. The van der Waals surface area contributed by atoms with Crippen molar-refractivity contribution in [3.05, 3.63) is 84.3 Å². The minimum Gasteiger partial charge on any atom is -0.463 e. The van der Waals surface area contributed by atoms with Crippen LogP contribution in [0.5, 0.6) is 0 Å². The number of sulfonamides is 1. The van der Waals surface area contributed by atoms with Crippen molar-refractivity contribution in [2.75, 3.05) is 6.61 Å². The Balaban J connectivity index is 2.48. The largest absolute Gasteiger partial charge is 0.463 e. The third kappa shape index (κ3) is 5.04. The molecule has 0 N–H and O–H groups in total. The van der Waals surface area contributed by atoms with Gasteiger partial charge in [0.25, 0.3) is 10.0 Å². The first-order chi connectivity index (χ1) is 12.8. The fourth-order valence-electron chi connectivity index (χ4n) is 2.23. The summed E-state index contributed by atoms with van der Waals surface area (Å²) in [7, 11) is -4.04. The van der Waals surface area contributed by atoms with Gasteiger partial charge in [-0.15, -0.1) is 0 Å². The molecule has 0 bridgehead atoms.